The highest BCUT2D eigenvalue weighted by Gasteiger charge is 2.16. The topological polar surface area (TPSA) is 62.5 Å². The lowest BCUT2D eigenvalue weighted by molar-refractivity contribution is 0.0776. The maximum absolute atomic E-state index is 12.1. The van der Waals surface area contributed by atoms with Crippen molar-refractivity contribution in [1.29, 1.82) is 0 Å². The third kappa shape index (κ3) is 3.20. The van der Waals surface area contributed by atoms with Gasteiger partial charge in [0.2, 0.25) is 0 Å². The van der Waals surface area contributed by atoms with E-state index in [9.17, 15) is 4.79 Å². The van der Waals surface area contributed by atoms with Crippen LogP contribution in [0.2, 0.25) is 0 Å². The fraction of sp³-hybridized carbons (Fsp3) is 0.538. The Morgan fingerprint density at radius 1 is 1.50 bits per heavy atom. The second-order valence-electron chi connectivity index (χ2n) is 4.75. The van der Waals surface area contributed by atoms with E-state index in [1.165, 1.54) is 12.8 Å². The van der Waals surface area contributed by atoms with Gasteiger partial charge in [0.15, 0.2) is 0 Å². The Labute approximate surface area is 108 Å². The van der Waals surface area contributed by atoms with E-state index < -0.39 is 0 Å². The van der Waals surface area contributed by atoms with Gasteiger partial charge in [-0.05, 0) is 38.1 Å². The zero-order valence-corrected chi connectivity index (χ0v) is 10.8. The van der Waals surface area contributed by atoms with Gasteiger partial charge in [-0.15, -0.1) is 0 Å². The van der Waals surface area contributed by atoms with Crippen molar-refractivity contribution in [3.63, 3.8) is 0 Å². The Morgan fingerprint density at radius 3 is 2.89 bits per heavy atom. The predicted octanol–water partition coefficient (Wildman–Crippen LogP) is 0.832. The summed E-state index contributed by atoms with van der Waals surface area (Å²) in [6.45, 7) is 3.97. The van der Waals surface area contributed by atoms with E-state index in [0.717, 1.165) is 26.2 Å². The lowest BCUT2D eigenvalue weighted by Gasteiger charge is -2.21. The van der Waals surface area contributed by atoms with Crippen molar-refractivity contribution >= 4 is 11.6 Å². The number of rotatable bonds is 4. The Hall–Kier alpha value is -1.62. The minimum atomic E-state index is -0.0681. The average molecular weight is 248 g/mol. The normalized spacial score (nSPS) is 15.8. The molecule has 2 rings (SSSR count). The molecule has 0 unspecified atom stereocenters. The SMILES string of the molecule is CN(CCN1CCCC1)C(=O)c1cc(N)ccn1. The summed E-state index contributed by atoms with van der Waals surface area (Å²) >= 11 is 0. The van der Waals surface area contributed by atoms with Crippen molar-refractivity contribution in [1.82, 2.24) is 14.8 Å². The van der Waals surface area contributed by atoms with Gasteiger partial charge in [-0.1, -0.05) is 0 Å². The molecule has 1 amide bonds. The molecule has 1 saturated heterocycles. The van der Waals surface area contributed by atoms with Crippen molar-refractivity contribution in [2.45, 2.75) is 12.8 Å². The third-order valence-electron chi connectivity index (χ3n) is 3.30. The molecule has 0 radical (unpaired) electrons. The van der Waals surface area contributed by atoms with Crippen LogP contribution in [0.1, 0.15) is 23.3 Å². The van der Waals surface area contributed by atoms with Crippen LogP contribution in [0.3, 0.4) is 0 Å². The fourth-order valence-corrected chi connectivity index (χ4v) is 2.16. The first-order valence-electron chi connectivity index (χ1n) is 6.36. The van der Waals surface area contributed by atoms with Crippen molar-refractivity contribution in [2.75, 3.05) is 39.0 Å². The summed E-state index contributed by atoms with van der Waals surface area (Å²) in [4.78, 5) is 20.2. The summed E-state index contributed by atoms with van der Waals surface area (Å²) in [5.74, 6) is -0.0681. The van der Waals surface area contributed by atoms with Gasteiger partial charge < -0.3 is 15.5 Å². The first kappa shape index (κ1) is 12.8. The molecule has 1 aromatic heterocycles. The zero-order valence-electron chi connectivity index (χ0n) is 10.8. The molecule has 1 aliphatic rings. The third-order valence-corrected chi connectivity index (χ3v) is 3.30. The van der Waals surface area contributed by atoms with E-state index in [4.69, 9.17) is 5.73 Å². The number of carbonyl (C=O) groups excluding carboxylic acids is 1. The molecule has 0 atom stereocenters. The van der Waals surface area contributed by atoms with Gasteiger partial charge >= 0.3 is 0 Å². The van der Waals surface area contributed by atoms with E-state index in [-0.39, 0.29) is 5.91 Å². The van der Waals surface area contributed by atoms with E-state index in [2.05, 4.69) is 9.88 Å². The lowest BCUT2D eigenvalue weighted by atomic mass is 10.3. The van der Waals surface area contributed by atoms with Crippen molar-refractivity contribution in [3.05, 3.63) is 24.0 Å². The molecule has 5 heteroatoms. The van der Waals surface area contributed by atoms with E-state index in [1.54, 1.807) is 23.2 Å². The van der Waals surface area contributed by atoms with Crippen LogP contribution in [0.4, 0.5) is 5.69 Å². The van der Waals surface area contributed by atoms with Crippen molar-refractivity contribution < 1.29 is 4.79 Å². The number of likely N-dealkylation sites (tertiary alicyclic amines) is 1. The zero-order chi connectivity index (χ0) is 13.0. The average Bonchev–Trinajstić information content (AvgIpc) is 2.88. The number of aromatic nitrogens is 1. The van der Waals surface area contributed by atoms with Crippen LogP contribution in [0.5, 0.6) is 0 Å². The molecule has 2 heterocycles. The molecule has 0 bridgehead atoms. The van der Waals surface area contributed by atoms with Gasteiger partial charge in [-0.2, -0.15) is 0 Å². The Morgan fingerprint density at radius 2 is 2.22 bits per heavy atom. The van der Waals surface area contributed by atoms with E-state index in [1.807, 2.05) is 7.05 Å². The highest BCUT2D eigenvalue weighted by atomic mass is 16.2. The van der Waals surface area contributed by atoms with Gasteiger partial charge in [0, 0.05) is 32.0 Å². The highest BCUT2D eigenvalue weighted by molar-refractivity contribution is 5.92. The summed E-state index contributed by atoms with van der Waals surface area (Å²) in [7, 11) is 1.81. The predicted molar refractivity (Wildman–Crippen MR) is 71.3 cm³/mol. The van der Waals surface area contributed by atoms with Crippen LogP contribution in [0.25, 0.3) is 0 Å². The Balaban J connectivity index is 1.87. The van der Waals surface area contributed by atoms with E-state index >= 15 is 0 Å². The number of hydrogen-bond acceptors (Lipinski definition) is 4. The number of nitrogens with zero attached hydrogens (tertiary/aromatic N) is 3. The molecule has 1 fully saturated rings. The van der Waals surface area contributed by atoms with Crippen molar-refractivity contribution in [3.8, 4) is 0 Å². The van der Waals surface area contributed by atoms with Gasteiger partial charge in [0.25, 0.3) is 5.91 Å². The molecule has 2 N–H and O–H groups in total. The summed E-state index contributed by atoms with van der Waals surface area (Å²) in [5, 5.41) is 0. The van der Waals surface area contributed by atoms with Crippen LogP contribution >= 0.6 is 0 Å². The van der Waals surface area contributed by atoms with Gasteiger partial charge in [-0.25, -0.2) is 0 Å². The van der Waals surface area contributed by atoms with Crippen molar-refractivity contribution in [2.24, 2.45) is 0 Å². The molecule has 0 spiro atoms. The van der Waals surface area contributed by atoms with Crippen LogP contribution in [0.15, 0.2) is 18.3 Å². The number of anilines is 1. The Bertz CT molecular complexity index is 415. The van der Waals surface area contributed by atoms with Crippen LogP contribution in [-0.4, -0.2) is 53.9 Å². The lowest BCUT2D eigenvalue weighted by Crippen LogP contribution is -2.35. The summed E-state index contributed by atoms with van der Waals surface area (Å²) in [5.41, 5.74) is 6.64. The molecule has 1 aromatic rings. The molecule has 0 saturated carbocycles. The fourth-order valence-electron chi connectivity index (χ4n) is 2.16. The molecule has 18 heavy (non-hydrogen) atoms. The van der Waals surface area contributed by atoms with Crippen LogP contribution in [-0.2, 0) is 0 Å². The second kappa shape index (κ2) is 5.82. The number of nitrogen functional groups attached to an aromatic ring is 1. The first-order chi connectivity index (χ1) is 8.66. The number of carbonyl (C=O) groups is 1. The molecular weight excluding hydrogens is 228 g/mol. The van der Waals surface area contributed by atoms with Crippen LogP contribution < -0.4 is 5.73 Å². The van der Waals surface area contributed by atoms with Gasteiger partial charge in [0.05, 0.1) is 0 Å². The number of likely N-dealkylation sites (N-methyl/N-ethyl adjacent to an activating group) is 1. The monoisotopic (exact) mass is 248 g/mol. The summed E-state index contributed by atoms with van der Waals surface area (Å²) in [6, 6.07) is 3.30. The summed E-state index contributed by atoms with van der Waals surface area (Å²) < 4.78 is 0. The largest absolute Gasteiger partial charge is 0.399 e. The minimum Gasteiger partial charge on any atom is -0.399 e. The number of nitrogens with two attached hydrogens (primary N) is 1. The number of pyridine rings is 1. The Kier molecular flexibility index (Phi) is 4.15. The maximum Gasteiger partial charge on any atom is 0.272 e. The highest BCUT2D eigenvalue weighted by Crippen LogP contribution is 2.08. The molecular formula is C13H20N4O. The molecule has 98 valence electrons. The maximum atomic E-state index is 12.1. The molecule has 0 aliphatic carbocycles. The smallest absolute Gasteiger partial charge is 0.272 e. The van der Waals surface area contributed by atoms with Gasteiger partial charge in [-0.3, -0.25) is 9.78 Å². The summed E-state index contributed by atoms with van der Waals surface area (Å²) in [6.07, 6.45) is 4.11. The quantitative estimate of drug-likeness (QED) is 0.857. The van der Waals surface area contributed by atoms with Crippen LogP contribution in [0, 0.1) is 0 Å². The standard InChI is InChI=1S/C13H20N4O/c1-16(8-9-17-6-2-3-7-17)13(18)12-10-11(14)4-5-15-12/h4-5,10H,2-3,6-9H2,1H3,(H2,14,15). The van der Waals surface area contributed by atoms with Gasteiger partial charge in [0.1, 0.15) is 5.69 Å². The number of hydrogen-bond donors (Lipinski definition) is 1. The second-order valence-corrected chi connectivity index (χ2v) is 4.75. The molecule has 5 nitrogen and oxygen atoms in total. The minimum absolute atomic E-state index is 0.0681. The molecule has 1 aliphatic heterocycles. The number of amides is 1. The van der Waals surface area contributed by atoms with E-state index in [0.29, 0.717) is 11.4 Å². The molecule has 0 aromatic carbocycles. The first-order valence-corrected chi connectivity index (χ1v) is 6.36.